The summed E-state index contributed by atoms with van der Waals surface area (Å²) in [6.45, 7) is 4.88. The summed E-state index contributed by atoms with van der Waals surface area (Å²) in [4.78, 5) is 18.0. The molecule has 2 amide bonds. The third-order valence-electron chi connectivity index (χ3n) is 4.63. The summed E-state index contributed by atoms with van der Waals surface area (Å²) in [6.07, 6.45) is 3.15. The number of urea groups is 1. The van der Waals surface area contributed by atoms with E-state index in [1.807, 2.05) is 62.4 Å². The lowest BCUT2D eigenvalue weighted by Gasteiger charge is -2.25. The predicted molar refractivity (Wildman–Crippen MR) is 108 cm³/mol. The van der Waals surface area contributed by atoms with Gasteiger partial charge in [-0.05, 0) is 43.7 Å². The molecular weight excluding hydrogens is 354 g/mol. The number of ether oxygens (including phenoxy) is 1. The number of aromatic nitrogens is 3. The van der Waals surface area contributed by atoms with Gasteiger partial charge in [-0.2, -0.15) is 5.10 Å². The Morgan fingerprint density at radius 1 is 1.18 bits per heavy atom. The first-order chi connectivity index (χ1) is 13.5. The molecule has 0 aliphatic heterocycles. The van der Waals surface area contributed by atoms with Gasteiger partial charge in [-0.25, -0.2) is 14.5 Å². The molecule has 0 aliphatic carbocycles. The molecule has 2 aromatic carbocycles. The van der Waals surface area contributed by atoms with Gasteiger partial charge in [0, 0.05) is 7.05 Å². The summed E-state index contributed by atoms with van der Waals surface area (Å²) in [7, 11) is 1.78. The molecule has 1 N–H and O–H groups in total. The van der Waals surface area contributed by atoms with Crippen molar-refractivity contribution in [1.29, 1.82) is 0 Å². The Kier molecular flexibility index (Phi) is 6.26. The number of carbonyl (C=O) groups is 1. The molecule has 7 nitrogen and oxygen atoms in total. The minimum atomic E-state index is -0.139. The van der Waals surface area contributed by atoms with Crippen molar-refractivity contribution in [3.05, 3.63) is 72.3 Å². The molecular formula is C21H25N5O2. The van der Waals surface area contributed by atoms with E-state index in [0.717, 1.165) is 17.0 Å². The lowest BCUT2D eigenvalue weighted by molar-refractivity contribution is 0.191. The van der Waals surface area contributed by atoms with Crippen LogP contribution in [-0.2, 0) is 0 Å². The molecule has 0 spiro atoms. The van der Waals surface area contributed by atoms with Crippen LogP contribution in [0, 0.1) is 6.92 Å². The highest BCUT2D eigenvalue weighted by Crippen LogP contribution is 2.20. The quantitative estimate of drug-likeness (QED) is 0.639. The predicted octanol–water partition coefficient (Wildman–Crippen LogP) is 3.36. The fourth-order valence-corrected chi connectivity index (χ4v) is 2.73. The van der Waals surface area contributed by atoms with E-state index in [4.69, 9.17) is 4.74 Å². The van der Waals surface area contributed by atoms with Gasteiger partial charge in [-0.3, -0.25) is 0 Å². The molecule has 0 radical (unpaired) electrons. The molecule has 0 saturated carbocycles. The lowest BCUT2D eigenvalue weighted by Crippen LogP contribution is -2.40. The molecule has 0 aliphatic rings. The number of benzene rings is 2. The summed E-state index contributed by atoms with van der Waals surface area (Å²) in [5.41, 5.74) is 3.15. The zero-order valence-electron chi connectivity index (χ0n) is 16.4. The van der Waals surface area contributed by atoms with Gasteiger partial charge >= 0.3 is 6.03 Å². The first kappa shape index (κ1) is 19.4. The molecule has 3 rings (SSSR count). The number of aryl methyl sites for hydroxylation is 1. The van der Waals surface area contributed by atoms with Crippen LogP contribution >= 0.6 is 0 Å². The molecule has 1 atom stereocenters. The second kappa shape index (κ2) is 9.03. The van der Waals surface area contributed by atoms with E-state index >= 15 is 0 Å². The number of hydrogen-bond donors (Lipinski definition) is 1. The van der Waals surface area contributed by atoms with Crippen LogP contribution in [0.15, 0.2) is 61.2 Å². The topological polar surface area (TPSA) is 72.3 Å². The van der Waals surface area contributed by atoms with Gasteiger partial charge in [-0.15, -0.1) is 0 Å². The number of carbonyl (C=O) groups excluding carboxylic acids is 1. The first-order valence-corrected chi connectivity index (χ1v) is 9.19. The van der Waals surface area contributed by atoms with Crippen molar-refractivity contribution in [2.45, 2.75) is 19.9 Å². The summed E-state index contributed by atoms with van der Waals surface area (Å²) < 4.78 is 7.33. The van der Waals surface area contributed by atoms with Gasteiger partial charge < -0.3 is 15.0 Å². The van der Waals surface area contributed by atoms with Gasteiger partial charge in [-0.1, -0.05) is 29.8 Å². The molecule has 0 bridgehead atoms. The van der Waals surface area contributed by atoms with Crippen LogP contribution in [0.2, 0.25) is 0 Å². The molecule has 1 unspecified atom stereocenters. The SMILES string of the molecule is Cc1ccc(OCCNC(=O)N(C)C(C)c2ccc(-n3cncn3)cc2)cc1. The van der Waals surface area contributed by atoms with Crippen LogP contribution < -0.4 is 10.1 Å². The van der Waals surface area contributed by atoms with E-state index < -0.39 is 0 Å². The second-order valence-electron chi connectivity index (χ2n) is 6.61. The average molecular weight is 379 g/mol. The van der Waals surface area contributed by atoms with Crippen molar-refractivity contribution in [2.75, 3.05) is 20.2 Å². The average Bonchev–Trinajstić information content (AvgIpc) is 3.26. The lowest BCUT2D eigenvalue weighted by atomic mass is 10.1. The first-order valence-electron chi connectivity index (χ1n) is 9.19. The number of rotatable bonds is 7. The maximum absolute atomic E-state index is 12.4. The standard InChI is InChI=1S/C21H25N5O2/c1-16-4-10-20(11-5-16)28-13-12-23-21(27)25(3)17(2)18-6-8-19(9-7-18)26-15-22-14-24-26/h4-11,14-15,17H,12-13H2,1-3H3,(H,23,27). The number of nitrogens with one attached hydrogen (secondary N) is 1. The molecule has 0 saturated heterocycles. The van der Waals surface area contributed by atoms with E-state index in [1.165, 1.54) is 11.9 Å². The minimum Gasteiger partial charge on any atom is -0.492 e. The Balaban J connectivity index is 1.47. The van der Waals surface area contributed by atoms with E-state index in [-0.39, 0.29) is 12.1 Å². The van der Waals surface area contributed by atoms with Gasteiger partial charge in [0.1, 0.15) is 25.0 Å². The zero-order valence-corrected chi connectivity index (χ0v) is 16.4. The smallest absolute Gasteiger partial charge is 0.317 e. The number of amides is 2. The maximum Gasteiger partial charge on any atom is 0.317 e. The maximum atomic E-state index is 12.4. The Labute approximate surface area is 165 Å². The Morgan fingerprint density at radius 3 is 2.54 bits per heavy atom. The van der Waals surface area contributed by atoms with Crippen molar-refractivity contribution >= 4 is 6.03 Å². The van der Waals surface area contributed by atoms with Crippen LogP contribution in [0.3, 0.4) is 0 Å². The Bertz CT molecular complexity index is 876. The van der Waals surface area contributed by atoms with Crippen LogP contribution in [-0.4, -0.2) is 45.9 Å². The van der Waals surface area contributed by atoms with Crippen LogP contribution in [0.4, 0.5) is 4.79 Å². The third-order valence-corrected chi connectivity index (χ3v) is 4.63. The zero-order chi connectivity index (χ0) is 19.9. The number of nitrogens with zero attached hydrogens (tertiary/aromatic N) is 4. The highest BCUT2D eigenvalue weighted by atomic mass is 16.5. The minimum absolute atomic E-state index is 0.0668. The van der Waals surface area contributed by atoms with E-state index in [9.17, 15) is 4.79 Å². The summed E-state index contributed by atoms with van der Waals surface area (Å²) in [5, 5.41) is 7.00. The van der Waals surface area contributed by atoms with Gasteiger partial charge in [0.15, 0.2) is 0 Å². The van der Waals surface area contributed by atoms with E-state index in [0.29, 0.717) is 13.2 Å². The van der Waals surface area contributed by atoms with Crippen molar-refractivity contribution in [1.82, 2.24) is 25.0 Å². The summed E-state index contributed by atoms with van der Waals surface area (Å²) >= 11 is 0. The van der Waals surface area contributed by atoms with Crippen LogP contribution in [0.1, 0.15) is 24.1 Å². The fourth-order valence-electron chi connectivity index (χ4n) is 2.73. The fraction of sp³-hybridized carbons (Fsp3) is 0.286. The van der Waals surface area contributed by atoms with Gasteiger partial charge in [0.2, 0.25) is 0 Å². The van der Waals surface area contributed by atoms with Crippen LogP contribution in [0.25, 0.3) is 5.69 Å². The molecule has 1 aromatic heterocycles. The molecule has 3 aromatic rings. The summed E-state index contributed by atoms with van der Waals surface area (Å²) in [5.74, 6) is 0.800. The van der Waals surface area contributed by atoms with Gasteiger partial charge in [0.25, 0.3) is 0 Å². The summed E-state index contributed by atoms with van der Waals surface area (Å²) in [6, 6.07) is 15.5. The van der Waals surface area contributed by atoms with Crippen molar-refractivity contribution in [3.63, 3.8) is 0 Å². The van der Waals surface area contributed by atoms with E-state index in [1.54, 1.807) is 23.0 Å². The second-order valence-corrected chi connectivity index (χ2v) is 6.61. The monoisotopic (exact) mass is 379 g/mol. The molecule has 7 heteroatoms. The third kappa shape index (κ3) is 4.88. The Morgan fingerprint density at radius 2 is 1.89 bits per heavy atom. The van der Waals surface area contributed by atoms with Crippen molar-refractivity contribution in [3.8, 4) is 11.4 Å². The van der Waals surface area contributed by atoms with E-state index in [2.05, 4.69) is 15.4 Å². The van der Waals surface area contributed by atoms with Crippen LogP contribution in [0.5, 0.6) is 5.75 Å². The normalized spacial score (nSPS) is 11.7. The largest absolute Gasteiger partial charge is 0.492 e. The molecule has 146 valence electrons. The van der Waals surface area contributed by atoms with Crippen molar-refractivity contribution in [2.24, 2.45) is 0 Å². The van der Waals surface area contributed by atoms with Gasteiger partial charge in [0.05, 0.1) is 18.3 Å². The Hall–Kier alpha value is -3.35. The molecule has 0 fully saturated rings. The highest BCUT2D eigenvalue weighted by Gasteiger charge is 2.17. The highest BCUT2D eigenvalue weighted by molar-refractivity contribution is 5.74. The number of hydrogen-bond acceptors (Lipinski definition) is 4. The van der Waals surface area contributed by atoms with Crippen molar-refractivity contribution < 1.29 is 9.53 Å². The molecule has 1 heterocycles. The molecule has 28 heavy (non-hydrogen) atoms.